The first-order chi connectivity index (χ1) is 13.0. The Hall–Kier alpha value is -2.01. The zero-order valence-corrected chi connectivity index (χ0v) is 17.5. The number of hydrogen-bond donors (Lipinski definition) is 1. The summed E-state index contributed by atoms with van der Waals surface area (Å²) in [6.45, 7) is 7.03. The van der Waals surface area contributed by atoms with E-state index in [1.807, 2.05) is 24.3 Å². The highest BCUT2D eigenvalue weighted by atomic mass is 79.9. The van der Waals surface area contributed by atoms with E-state index in [0.29, 0.717) is 18.4 Å². The first-order valence-electron chi connectivity index (χ1n) is 9.51. The fourth-order valence-electron chi connectivity index (χ4n) is 3.33. The standard InChI is InChI=1S/C22H27BrN2O2/c1-16(2)18-5-3-8-21(11-18)27-15-22(26)24-13-17-9-10-25(14-17)20-7-4-6-19(23)12-20/h3-8,11-12,16-17H,9-10,13-15H2,1-2H3,(H,24,26). The summed E-state index contributed by atoms with van der Waals surface area (Å²) < 4.78 is 6.74. The molecule has 1 heterocycles. The summed E-state index contributed by atoms with van der Waals surface area (Å²) in [4.78, 5) is 14.5. The molecule has 0 aromatic heterocycles. The van der Waals surface area contributed by atoms with Gasteiger partial charge in [-0.05, 0) is 54.2 Å². The van der Waals surface area contributed by atoms with Crippen LogP contribution in [-0.2, 0) is 4.79 Å². The summed E-state index contributed by atoms with van der Waals surface area (Å²) in [5.41, 5.74) is 2.44. The number of nitrogens with zero attached hydrogens (tertiary/aromatic N) is 1. The van der Waals surface area contributed by atoms with Crippen LogP contribution in [0.1, 0.15) is 31.7 Å². The van der Waals surface area contributed by atoms with Gasteiger partial charge in [0.15, 0.2) is 6.61 Å². The summed E-state index contributed by atoms with van der Waals surface area (Å²) in [7, 11) is 0. The molecule has 2 aromatic carbocycles. The first kappa shape index (κ1) is 19.7. The van der Waals surface area contributed by atoms with Gasteiger partial charge in [0.2, 0.25) is 0 Å². The highest BCUT2D eigenvalue weighted by Gasteiger charge is 2.23. The van der Waals surface area contributed by atoms with Gasteiger partial charge in [0, 0.05) is 29.8 Å². The Morgan fingerprint density at radius 3 is 2.85 bits per heavy atom. The molecule has 0 spiro atoms. The molecular formula is C22H27BrN2O2. The van der Waals surface area contributed by atoms with Crippen LogP contribution in [0.4, 0.5) is 5.69 Å². The number of benzene rings is 2. The minimum Gasteiger partial charge on any atom is -0.484 e. The molecular weight excluding hydrogens is 404 g/mol. The number of carbonyl (C=O) groups excluding carboxylic acids is 1. The number of ether oxygens (including phenoxy) is 1. The predicted molar refractivity (Wildman–Crippen MR) is 113 cm³/mol. The highest BCUT2D eigenvalue weighted by Crippen LogP contribution is 2.26. The molecule has 4 nitrogen and oxygen atoms in total. The van der Waals surface area contributed by atoms with E-state index in [2.05, 4.69) is 64.3 Å². The molecule has 2 aromatic rings. The maximum absolute atomic E-state index is 12.1. The molecule has 5 heteroatoms. The van der Waals surface area contributed by atoms with Crippen LogP contribution in [0.5, 0.6) is 5.75 Å². The van der Waals surface area contributed by atoms with E-state index >= 15 is 0 Å². The minimum atomic E-state index is -0.0640. The van der Waals surface area contributed by atoms with Gasteiger partial charge >= 0.3 is 0 Å². The summed E-state index contributed by atoms with van der Waals surface area (Å²) in [6.07, 6.45) is 1.09. The van der Waals surface area contributed by atoms with Gasteiger partial charge in [-0.3, -0.25) is 4.79 Å². The summed E-state index contributed by atoms with van der Waals surface area (Å²) in [5, 5.41) is 3.02. The van der Waals surface area contributed by atoms with Gasteiger partial charge in [-0.25, -0.2) is 0 Å². The predicted octanol–water partition coefficient (Wildman–Crippen LogP) is 4.59. The van der Waals surface area contributed by atoms with Crippen LogP contribution in [-0.4, -0.2) is 32.1 Å². The lowest BCUT2D eigenvalue weighted by Gasteiger charge is -2.19. The molecule has 1 N–H and O–H groups in total. The Balaban J connectivity index is 1.41. The molecule has 1 aliphatic heterocycles. The normalized spacial score (nSPS) is 16.6. The number of anilines is 1. The molecule has 1 aliphatic rings. The molecule has 3 rings (SSSR count). The molecule has 0 saturated carbocycles. The van der Waals surface area contributed by atoms with Gasteiger partial charge in [0.25, 0.3) is 5.91 Å². The van der Waals surface area contributed by atoms with Crippen LogP contribution in [0, 0.1) is 5.92 Å². The van der Waals surface area contributed by atoms with Crippen molar-refractivity contribution < 1.29 is 9.53 Å². The molecule has 1 atom stereocenters. The van der Waals surface area contributed by atoms with Gasteiger partial charge in [0.05, 0.1) is 0 Å². The third-order valence-corrected chi connectivity index (χ3v) is 5.44. The number of rotatable bonds is 7. The second-order valence-corrected chi connectivity index (χ2v) is 8.32. The Morgan fingerprint density at radius 1 is 1.26 bits per heavy atom. The van der Waals surface area contributed by atoms with Gasteiger partial charge in [0.1, 0.15) is 5.75 Å². The number of amides is 1. The molecule has 0 bridgehead atoms. The number of hydrogen-bond acceptors (Lipinski definition) is 3. The third kappa shape index (κ3) is 5.73. The maximum atomic E-state index is 12.1. The monoisotopic (exact) mass is 430 g/mol. The largest absolute Gasteiger partial charge is 0.484 e. The van der Waals surface area contributed by atoms with Crippen LogP contribution < -0.4 is 15.0 Å². The van der Waals surface area contributed by atoms with Crippen molar-refractivity contribution >= 4 is 27.5 Å². The quantitative estimate of drug-likeness (QED) is 0.697. The Bertz CT molecular complexity index is 778. The van der Waals surface area contributed by atoms with Crippen LogP contribution in [0.2, 0.25) is 0 Å². The number of nitrogens with one attached hydrogen (secondary N) is 1. The van der Waals surface area contributed by atoms with Crippen LogP contribution >= 0.6 is 15.9 Å². The van der Waals surface area contributed by atoms with Gasteiger partial charge in [-0.2, -0.15) is 0 Å². The molecule has 1 unspecified atom stereocenters. The van der Waals surface area contributed by atoms with Crippen molar-refractivity contribution in [1.29, 1.82) is 0 Å². The molecule has 1 saturated heterocycles. The van der Waals surface area contributed by atoms with Crippen molar-refractivity contribution in [2.45, 2.75) is 26.2 Å². The lowest BCUT2D eigenvalue weighted by Crippen LogP contribution is -2.34. The lowest BCUT2D eigenvalue weighted by atomic mass is 10.0. The second-order valence-electron chi connectivity index (χ2n) is 7.40. The van der Waals surface area contributed by atoms with Crippen molar-refractivity contribution in [1.82, 2.24) is 5.32 Å². The van der Waals surface area contributed by atoms with Crippen molar-refractivity contribution in [3.63, 3.8) is 0 Å². The lowest BCUT2D eigenvalue weighted by molar-refractivity contribution is -0.123. The molecule has 144 valence electrons. The van der Waals surface area contributed by atoms with Gasteiger partial charge < -0.3 is 15.0 Å². The number of halogens is 1. The SMILES string of the molecule is CC(C)c1cccc(OCC(=O)NCC2CCN(c3cccc(Br)c3)C2)c1. The van der Waals surface area contributed by atoms with Crippen molar-refractivity contribution in [2.24, 2.45) is 5.92 Å². The van der Waals surface area contributed by atoms with E-state index in [4.69, 9.17) is 4.74 Å². The molecule has 1 fully saturated rings. The molecule has 1 amide bonds. The van der Waals surface area contributed by atoms with Gasteiger partial charge in [-0.15, -0.1) is 0 Å². The van der Waals surface area contributed by atoms with Crippen molar-refractivity contribution in [3.8, 4) is 5.75 Å². The third-order valence-electron chi connectivity index (χ3n) is 4.94. The number of carbonyl (C=O) groups is 1. The van der Waals surface area contributed by atoms with E-state index in [-0.39, 0.29) is 12.5 Å². The van der Waals surface area contributed by atoms with E-state index in [1.54, 1.807) is 0 Å². The fourth-order valence-corrected chi connectivity index (χ4v) is 3.72. The van der Waals surface area contributed by atoms with E-state index in [0.717, 1.165) is 29.7 Å². The van der Waals surface area contributed by atoms with Crippen LogP contribution in [0.25, 0.3) is 0 Å². The minimum absolute atomic E-state index is 0.0591. The summed E-state index contributed by atoms with van der Waals surface area (Å²) in [5.74, 6) is 1.60. The zero-order chi connectivity index (χ0) is 19.2. The van der Waals surface area contributed by atoms with Crippen LogP contribution in [0.15, 0.2) is 53.0 Å². The van der Waals surface area contributed by atoms with E-state index in [9.17, 15) is 4.79 Å². The Kier molecular flexibility index (Phi) is 6.78. The zero-order valence-electron chi connectivity index (χ0n) is 16.0. The summed E-state index contributed by atoms with van der Waals surface area (Å²) >= 11 is 3.53. The Morgan fingerprint density at radius 2 is 2.07 bits per heavy atom. The maximum Gasteiger partial charge on any atom is 0.257 e. The van der Waals surface area contributed by atoms with E-state index < -0.39 is 0 Å². The van der Waals surface area contributed by atoms with Gasteiger partial charge in [-0.1, -0.05) is 48.0 Å². The Labute approximate surface area is 170 Å². The van der Waals surface area contributed by atoms with Crippen molar-refractivity contribution in [3.05, 3.63) is 58.6 Å². The average molecular weight is 431 g/mol. The second kappa shape index (κ2) is 9.27. The average Bonchev–Trinajstić information content (AvgIpc) is 3.14. The highest BCUT2D eigenvalue weighted by molar-refractivity contribution is 9.10. The van der Waals surface area contributed by atoms with Crippen molar-refractivity contribution in [2.75, 3.05) is 31.1 Å². The van der Waals surface area contributed by atoms with E-state index in [1.165, 1.54) is 11.3 Å². The first-order valence-corrected chi connectivity index (χ1v) is 10.3. The topological polar surface area (TPSA) is 41.6 Å². The molecule has 0 radical (unpaired) electrons. The smallest absolute Gasteiger partial charge is 0.257 e. The molecule has 27 heavy (non-hydrogen) atoms. The van der Waals surface area contributed by atoms with Crippen LogP contribution in [0.3, 0.4) is 0 Å². The fraction of sp³-hybridized carbons (Fsp3) is 0.409. The molecule has 0 aliphatic carbocycles. The summed E-state index contributed by atoms with van der Waals surface area (Å²) in [6, 6.07) is 16.3.